The average molecular weight is 582 g/mol. The number of anilines is 1. The minimum Gasteiger partial charge on any atom is -0.492 e. The summed E-state index contributed by atoms with van der Waals surface area (Å²) < 4.78 is 12.2. The maximum atomic E-state index is 5.84. The summed E-state index contributed by atoms with van der Waals surface area (Å²) in [5.41, 5.74) is 8.90. The Hall–Kier alpha value is -3.57. The van der Waals surface area contributed by atoms with Crippen molar-refractivity contribution in [3.63, 3.8) is 0 Å². The second-order valence-corrected chi connectivity index (χ2v) is 11.0. The van der Waals surface area contributed by atoms with E-state index in [1.807, 2.05) is 25.3 Å². The minimum absolute atomic E-state index is 0.362. The lowest BCUT2D eigenvalue weighted by molar-refractivity contribution is 0.310. The summed E-state index contributed by atoms with van der Waals surface area (Å²) in [6.45, 7) is 4.71. The molecule has 4 aromatic rings. The van der Waals surface area contributed by atoms with E-state index in [0.29, 0.717) is 29.9 Å². The molecule has 2 atom stereocenters. The van der Waals surface area contributed by atoms with E-state index in [1.165, 1.54) is 27.9 Å². The van der Waals surface area contributed by atoms with Crippen LogP contribution in [0.25, 0.3) is 0 Å². The molecule has 0 spiro atoms. The van der Waals surface area contributed by atoms with Crippen LogP contribution in [0.4, 0.5) is 11.4 Å². The molecule has 0 radical (unpaired) electrons. The molecule has 0 aromatic heterocycles. The highest BCUT2D eigenvalue weighted by Crippen LogP contribution is 2.50. The highest BCUT2D eigenvalue weighted by atomic mass is 79.9. The average Bonchev–Trinajstić information content (AvgIpc) is 2.97. The van der Waals surface area contributed by atoms with E-state index in [4.69, 9.17) is 14.5 Å². The van der Waals surface area contributed by atoms with Crippen LogP contribution in [0.2, 0.25) is 0 Å². The molecule has 2 aliphatic rings. The molecule has 2 heterocycles. The molecular weight excluding hydrogens is 548 g/mol. The van der Waals surface area contributed by atoms with Crippen LogP contribution in [0.15, 0.2) is 94.4 Å². The van der Waals surface area contributed by atoms with Gasteiger partial charge >= 0.3 is 0 Å². The van der Waals surface area contributed by atoms with Gasteiger partial charge in [0.05, 0.1) is 23.9 Å². The first kappa shape index (κ1) is 25.7. The second kappa shape index (κ2) is 11.3. The predicted molar refractivity (Wildman–Crippen MR) is 164 cm³/mol. The van der Waals surface area contributed by atoms with Gasteiger partial charge in [-0.15, -0.1) is 0 Å². The molecule has 0 fully saturated rings. The van der Waals surface area contributed by atoms with Gasteiger partial charge in [-0.2, -0.15) is 0 Å². The van der Waals surface area contributed by atoms with E-state index < -0.39 is 0 Å². The van der Waals surface area contributed by atoms with Gasteiger partial charge in [-0.25, -0.2) is 0 Å². The molecule has 2 aliphatic heterocycles. The highest BCUT2D eigenvalue weighted by molar-refractivity contribution is 9.10. The van der Waals surface area contributed by atoms with Crippen LogP contribution in [0.5, 0.6) is 11.5 Å². The first-order valence-electron chi connectivity index (χ1n) is 13.7. The second-order valence-electron chi connectivity index (χ2n) is 10.2. The topological polar surface area (TPSA) is 34.1 Å². The summed E-state index contributed by atoms with van der Waals surface area (Å²) in [7, 11) is 1.66. The van der Waals surface area contributed by atoms with Crippen LogP contribution in [-0.2, 0) is 0 Å². The van der Waals surface area contributed by atoms with Gasteiger partial charge in [0.2, 0.25) is 0 Å². The monoisotopic (exact) mass is 580 g/mol. The molecule has 6 rings (SSSR count). The molecule has 0 amide bonds. The Kier molecular flexibility index (Phi) is 7.43. The SMILES string of the molecule is CCOc1cc(C=Nc2cc3c4c(c2)[C@H](c2ccccc2)CCN4CC[C@@H]3c2ccccc2)cc(Br)c1OC. The smallest absolute Gasteiger partial charge is 0.174 e. The molecule has 4 nitrogen and oxygen atoms in total. The molecule has 5 heteroatoms. The standard InChI is InChI=1S/C34H33BrN2O2/c1-3-39-32-19-23(18-31(35)34(32)38-2)22-36-26-20-29-27(24-10-6-4-7-11-24)14-16-37-17-15-28(30(21-26)33(29)37)25-12-8-5-9-13-25/h4-13,18-22,27-28H,3,14-17H2,1-2H3/t27-,28+. The van der Waals surface area contributed by atoms with E-state index in [1.54, 1.807) is 7.11 Å². The first-order valence-corrected chi connectivity index (χ1v) is 14.5. The summed E-state index contributed by atoms with van der Waals surface area (Å²) in [5.74, 6) is 2.13. The predicted octanol–water partition coefficient (Wildman–Crippen LogP) is 8.48. The molecule has 0 saturated carbocycles. The van der Waals surface area contributed by atoms with Crippen LogP contribution in [0.3, 0.4) is 0 Å². The van der Waals surface area contributed by atoms with Crippen LogP contribution in [-0.4, -0.2) is 33.0 Å². The number of benzene rings is 4. The first-order chi connectivity index (χ1) is 19.2. The Morgan fingerprint density at radius 2 is 1.46 bits per heavy atom. The fourth-order valence-electron chi connectivity index (χ4n) is 6.19. The highest BCUT2D eigenvalue weighted by Gasteiger charge is 2.35. The van der Waals surface area contributed by atoms with Crippen molar-refractivity contribution >= 4 is 33.5 Å². The number of ether oxygens (including phenoxy) is 2. The Morgan fingerprint density at radius 1 is 0.872 bits per heavy atom. The summed E-state index contributed by atoms with van der Waals surface area (Å²) >= 11 is 3.64. The van der Waals surface area contributed by atoms with Crippen LogP contribution in [0, 0.1) is 0 Å². The van der Waals surface area contributed by atoms with Gasteiger partial charge in [0.25, 0.3) is 0 Å². The Labute approximate surface area is 239 Å². The zero-order valence-electron chi connectivity index (χ0n) is 22.4. The maximum absolute atomic E-state index is 5.84. The lowest BCUT2D eigenvalue weighted by atomic mass is 9.76. The lowest BCUT2D eigenvalue weighted by Crippen LogP contribution is -2.37. The van der Waals surface area contributed by atoms with Gasteiger partial charge in [-0.1, -0.05) is 60.7 Å². The number of methoxy groups -OCH3 is 1. The Balaban J connectivity index is 1.47. The number of aliphatic imine (C=N–C) groups is 1. The van der Waals surface area contributed by atoms with Crippen molar-refractivity contribution in [1.82, 2.24) is 0 Å². The van der Waals surface area contributed by atoms with Gasteiger partial charge in [0.1, 0.15) is 0 Å². The van der Waals surface area contributed by atoms with E-state index in [0.717, 1.165) is 41.7 Å². The van der Waals surface area contributed by atoms with Crippen molar-refractivity contribution in [2.45, 2.75) is 31.6 Å². The molecular formula is C34H33BrN2O2. The largest absolute Gasteiger partial charge is 0.492 e. The summed E-state index contributed by atoms with van der Waals surface area (Å²) in [6.07, 6.45) is 4.16. The lowest BCUT2D eigenvalue weighted by Gasteiger charge is -2.43. The molecule has 0 saturated heterocycles. The van der Waals surface area contributed by atoms with E-state index in [9.17, 15) is 0 Å². The van der Waals surface area contributed by atoms with E-state index in [2.05, 4.69) is 93.6 Å². The van der Waals surface area contributed by atoms with Gasteiger partial charge in [0.15, 0.2) is 11.5 Å². The number of hydrogen-bond donors (Lipinski definition) is 0. The number of halogens is 1. The third-order valence-electron chi connectivity index (χ3n) is 7.90. The molecule has 198 valence electrons. The van der Waals surface area contributed by atoms with Gasteiger partial charge in [-0.05, 0) is 87.8 Å². The number of hydrogen-bond acceptors (Lipinski definition) is 4. The molecule has 4 aromatic carbocycles. The van der Waals surface area contributed by atoms with Crippen molar-refractivity contribution in [2.24, 2.45) is 4.99 Å². The zero-order chi connectivity index (χ0) is 26.8. The number of nitrogens with zero attached hydrogens (tertiary/aromatic N) is 2. The summed E-state index contributed by atoms with van der Waals surface area (Å²) in [6, 6.07) is 30.5. The fraction of sp³-hybridized carbons (Fsp3) is 0.265. The minimum atomic E-state index is 0.362. The molecule has 0 unspecified atom stereocenters. The van der Waals surface area contributed by atoms with E-state index in [-0.39, 0.29) is 0 Å². The van der Waals surface area contributed by atoms with Crippen molar-refractivity contribution in [3.05, 3.63) is 117 Å². The summed E-state index contributed by atoms with van der Waals surface area (Å²) in [4.78, 5) is 7.64. The van der Waals surface area contributed by atoms with Crippen LogP contribution >= 0.6 is 15.9 Å². The van der Waals surface area contributed by atoms with Crippen molar-refractivity contribution in [2.75, 3.05) is 31.7 Å². The molecule has 0 aliphatic carbocycles. The van der Waals surface area contributed by atoms with Crippen molar-refractivity contribution < 1.29 is 9.47 Å². The van der Waals surface area contributed by atoms with Crippen molar-refractivity contribution in [3.8, 4) is 11.5 Å². The molecule has 0 bridgehead atoms. The normalized spacial score (nSPS) is 18.2. The van der Waals surface area contributed by atoms with Crippen LogP contribution in [0.1, 0.15) is 59.4 Å². The van der Waals surface area contributed by atoms with Crippen LogP contribution < -0.4 is 14.4 Å². The quantitative estimate of drug-likeness (QED) is 0.205. The third-order valence-corrected chi connectivity index (χ3v) is 8.49. The van der Waals surface area contributed by atoms with Gasteiger partial charge in [-0.3, -0.25) is 4.99 Å². The summed E-state index contributed by atoms with van der Waals surface area (Å²) in [5, 5.41) is 0. The third kappa shape index (κ3) is 5.08. The van der Waals surface area contributed by atoms with E-state index >= 15 is 0 Å². The Bertz CT molecular complexity index is 1410. The zero-order valence-corrected chi connectivity index (χ0v) is 24.0. The maximum Gasteiger partial charge on any atom is 0.174 e. The van der Waals surface area contributed by atoms with Crippen molar-refractivity contribution in [1.29, 1.82) is 0 Å². The molecule has 0 N–H and O–H groups in total. The van der Waals surface area contributed by atoms with Gasteiger partial charge in [0, 0.05) is 36.8 Å². The Morgan fingerprint density at radius 3 is 2.00 bits per heavy atom. The fourth-order valence-corrected chi connectivity index (χ4v) is 6.81. The molecule has 39 heavy (non-hydrogen) atoms. The van der Waals surface area contributed by atoms with Gasteiger partial charge < -0.3 is 14.4 Å². The number of rotatable bonds is 7.